The van der Waals surface area contributed by atoms with Crippen LogP contribution in [0.3, 0.4) is 0 Å². The molecule has 0 fully saturated rings. The van der Waals surface area contributed by atoms with E-state index in [2.05, 4.69) is 5.32 Å². The van der Waals surface area contributed by atoms with Crippen molar-refractivity contribution in [2.75, 3.05) is 11.1 Å². The van der Waals surface area contributed by atoms with E-state index < -0.39 is 30.2 Å². The number of nitrogens with two attached hydrogens (primary N) is 1. The molecule has 4 nitrogen and oxygen atoms in total. The molecule has 0 saturated heterocycles. The Morgan fingerprint density at radius 1 is 1.32 bits per heavy atom. The van der Waals surface area contributed by atoms with Crippen molar-refractivity contribution in [2.45, 2.75) is 51.4 Å². The molecule has 1 atom stereocenters. The van der Waals surface area contributed by atoms with Crippen molar-refractivity contribution in [3.8, 4) is 0 Å². The van der Waals surface area contributed by atoms with Crippen molar-refractivity contribution in [1.29, 1.82) is 0 Å². The molecule has 1 aromatic carbocycles. The van der Waals surface area contributed by atoms with Crippen molar-refractivity contribution < 1.29 is 22.7 Å². The molecule has 0 heterocycles. The molecule has 0 aliphatic rings. The average molecular weight is 318 g/mol. The molecule has 0 aliphatic heterocycles. The third kappa shape index (κ3) is 6.69. The van der Waals surface area contributed by atoms with Gasteiger partial charge in [-0.2, -0.15) is 13.2 Å². The van der Waals surface area contributed by atoms with Gasteiger partial charge in [0.15, 0.2) is 0 Å². The number of benzene rings is 1. The molecule has 7 heteroatoms. The molecule has 1 unspecified atom stereocenters. The van der Waals surface area contributed by atoms with Crippen molar-refractivity contribution in [1.82, 2.24) is 0 Å². The first kappa shape index (κ1) is 18.1. The van der Waals surface area contributed by atoms with E-state index in [-0.39, 0.29) is 12.1 Å². The summed E-state index contributed by atoms with van der Waals surface area (Å²) in [6.45, 7) is 4.99. The molecular weight excluding hydrogens is 297 g/mol. The van der Waals surface area contributed by atoms with E-state index in [9.17, 15) is 18.0 Å². The van der Waals surface area contributed by atoms with Crippen molar-refractivity contribution in [2.24, 2.45) is 0 Å². The average Bonchev–Trinajstić information content (AvgIpc) is 2.30. The van der Waals surface area contributed by atoms with E-state index in [1.165, 1.54) is 12.1 Å². The highest BCUT2D eigenvalue weighted by Gasteiger charge is 2.39. The van der Waals surface area contributed by atoms with Crippen LogP contribution in [0.4, 0.5) is 24.5 Å². The Morgan fingerprint density at radius 3 is 2.45 bits per heavy atom. The highest BCUT2D eigenvalue weighted by molar-refractivity contribution is 5.70. The van der Waals surface area contributed by atoms with Crippen LogP contribution in [0.5, 0.6) is 0 Å². The van der Waals surface area contributed by atoms with Crippen LogP contribution in [0.25, 0.3) is 0 Å². The number of ether oxygens (including phenoxy) is 1. The summed E-state index contributed by atoms with van der Waals surface area (Å²) >= 11 is 0. The second-order valence-corrected chi connectivity index (χ2v) is 5.99. The van der Waals surface area contributed by atoms with E-state index in [4.69, 9.17) is 10.5 Å². The molecule has 1 aromatic rings. The number of nitrogens with one attached hydrogen (secondary N) is 1. The first-order valence-electron chi connectivity index (χ1n) is 6.88. The Labute approximate surface area is 127 Å². The zero-order valence-corrected chi connectivity index (χ0v) is 12.8. The molecule has 0 amide bonds. The highest BCUT2D eigenvalue weighted by Crippen LogP contribution is 2.28. The predicted molar refractivity (Wildman–Crippen MR) is 79.4 cm³/mol. The third-order valence-electron chi connectivity index (χ3n) is 2.68. The van der Waals surface area contributed by atoms with E-state index in [1.54, 1.807) is 32.9 Å². The molecule has 0 aromatic heterocycles. The van der Waals surface area contributed by atoms with Gasteiger partial charge in [-0.15, -0.1) is 0 Å². The highest BCUT2D eigenvalue weighted by atomic mass is 19.4. The van der Waals surface area contributed by atoms with Gasteiger partial charge >= 0.3 is 12.1 Å². The minimum Gasteiger partial charge on any atom is -0.460 e. The van der Waals surface area contributed by atoms with E-state index in [0.29, 0.717) is 5.69 Å². The molecule has 3 N–H and O–H groups in total. The Kier molecular flexibility index (Phi) is 5.68. The fourth-order valence-corrected chi connectivity index (χ4v) is 1.80. The third-order valence-corrected chi connectivity index (χ3v) is 2.68. The molecule has 0 saturated carbocycles. The standard InChI is InChI=1S/C15H21F3N2O2/c1-14(2,3)22-13(21)8-7-12(15(16,17)18)20-11-6-4-5-10(19)9-11/h4-6,9,12,20H,7-8,19H2,1-3H3. The van der Waals surface area contributed by atoms with Gasteiger partial charge < -0.3 is 15.8 Å². The molecule has 0 spiro atoms. The summed E-state index contributed by atoms with van der Waals surface area (Å²) in [4.78, 5) is 11.6. The quantitative estimate of drug-likeness (QED) is 0.641. The van der Waals surface area contributed by atoms with E-state index in [0.717, 1.165) is 0 Å². The van der Waals surface area contributed by atoms with Crippen molar-refractivity contribution in [3.05, 3.63) is 24.3 Å². The van der Waals surface area contributed by atoms with Crippen LogP contribution in [0.1, 0.15) is 33.6 Å². The van der Waals surface area contributed by atoms with Gasteiger partial charge in [0.1, 0.15) is 11.6 Å². The molecule has 0 radical (unpaired) electrons. The van der Waals surface area contributed by atoms with Crippen LogP contribution >= 0.6 is 0 Å². The van der Waals surface area contributed by atoms with Crippen LogP contribution < -0.4 is 11.1 Å². The van der Waals surface area contributed by atoms with Crippen LogP contribution in [-0.4, -0.2) is 23.8 Å². The zero-order chi connectivity index (χ0) is 17.0. The van der Waals surface area contributed by atoms with E-state index in [1.807, 2.05) is 0 Å². The number of carbonyl (C=O) groups excluding carboxylic acids is 1. The van der Waals surface area contributed by atoms with Gasteiger partial charge in [-0.05, 0) is 45.4 Å². The number of carbonyl (C=O) groups is 1. The summed E-state index contributed by atoms with van der Waals surface area (Å²) in [5, 5.41) is 2.37. The number of nitrogen functional groups attached to an aromatic ring is 1. The number of esters is 1. The van der Waals surface area contributed by atoms with Gasteiger partial charge in [0.25, 0.3) is 0 Å². The molecule has 1 rings (SSSR count). The second kappa shape index (κ2) is 6.89. The summed E-state index contributed by atoms with van der Waals surface area (Å²) in [6, 6.07) is 4.18. The number of alkyl halides is 3. The molecule has 124 valence electrons. The number of hydrogen-bond donors (Lipinski definition) is 2. The minimum absolute atomic E-state index is 0.256. The number of rotatable bonds is 5. The number of hydrogen-bond acceptors (Lipinski definition) is 4. The van der Waals surface area contributed by atoms with Gasteiger partial charge in [-0.1, -0.05) is 6.07 Å². The Bertz CT molecular complexity index is 510. The minimum atomic E-state index is -4.48. The lowest BCUT2D eigenvalue weighted by Crippen LogP contribution is -2.37. The first-order chi connectivity index (χ1) is 9.97. The lowest BCUT2D eigenvalue weighted by Gasteiger charge is -2.24. The molecule has 0 bridgehead atoms. The SMILES string of the molecule is CC(C)(C)OC(=O)CCC(Nc1cccc(N)c1)C(F)(F)F. The Hall–Kier alpha value is -1.92. The summed E-state index contributed by atoms with van der Waals surface area (Å²) < 4.78 is 44.2. The molecular formula is C15H21F3N2O2. The molecule has 22 heavy (non-hydrogen) atoms. The summed E-state index contributed by atoms with van der Waals surface area (Å²) in [7, 11) is 0. The maximum absolute atomic E-state index is 13.0. The van der Waals surface area contributed by atoms with Crippen molar-refractivity contribution >= 4 is 17.3 Å². The zero-order valence-electron chi connectivity index (χ0n) is 12.8. The van der Waals surface area contributed by atoms with Crippen molar-refractivity contribution in [3.63, 3.8) is 0 Å². The second-order valence-electron chi connectivity index (χ2n) is 5.99. The van der Waals surface area contributed by atoms with Gasteiger partial charge in [-0.25, -0.2) is 0 Å². The van der Waals surface area contributed by atoms with Crippen LogP contribution in [0.2, 0.25) is 0 Å². The van der Waals surface area contributed by atoms with Crippen LogP contribution in [0, 0.1) is 0 Å². The van der Waals surface area contributed by atoms with Crippen LogP contribution in [-0.2, 0) is 9.53 Å². The smallest absolute Gasteiger partial charge is 0.408 e. The van der Waals surface area contributed by atoms with Gasteiger partial charge in [0.05, 0.1) is 0 Å². The van der Waals surface area contributed by atoms with Crippen LogP contribution in [0.15, 0.2) is 24.3 Å². The predicted octanol–water partition coefficient (Wildman–Crippen LogP) is 3.73. The lowest BCUT2D eigenvalue weighted by molar-refractivity contribution is -0.158. The van der Waals surface area contributed by atoms with E-state index >= 15 is 0 Å². The fraction of sp³-hybridized carbons (Fsp3) is 0.533. The van der Waals surface area contributed by atoms with Gasteiger partial charge in [-0.3, -0.25) is 4.79 Å². The lowest BCUT2D eigenvalue weighted by atomic mass is 10.1. The fourth-order valence-electron chi connectivity index (χ4n) is 1.80. The monoisotopic (exact) mass is 318 g/mol. The maximum atomic E-state index is 13.0. The Balaban J connectivity index is 2.68. The number of anilines is 2. The summed E-state index contributed by atoms with van der Waals surface area (Å²) in [5.74, 6) is -0.656. The maximum Gasteiger partial charge on any atom is 0.408 e. The van der Waals surface area contributed by atoms with Gasteiger partial charge in [0.2, 0.25) is 0 Å². The first-order valence-corrected chi connectivity index (χ1v) is 6.88. The van der Waals surface area contributed by atoms with Gasteiger partial charge in [0, 0.05) is 17.8 Å². The number of halogens is 3. The normalized spacial score (nSPS) is 13.5. The summed E-state index contributed by atoms with van der Waals surface area (Å²) in [5.41, 5.74) is 5.44. The molecule has 0 aliphatic carbocycles. The Morgan fingerprint density at radius 2 is 1.95 bits per heavy atom. The summed E-state index contributed by atoms with van der Waals surface area (Å²) in [6.07, 6.45) is -5.21. The largest absolute Gasteiger partial charge is 0.460 e. The topological polar surface area (TPSA) is 64.3 Å².